The molecule has 148 valence electrons. The fraction of sp³-hybridized carbons (Fsp3) is 0.286. The van der Waals surface area contributed by atoms with Gasteiger partial charge in [-0.15, -0.1) is 0 Å². The van der Waals surface area contributed by atoms with Crippen molar-refractivity contribution in [1.29, 1.82) is 0 Å². The predicted octanol–water partition coefficient (Wildman–Crippen LogP) is 2.93. The Labute approximate surface area is 166 Å². The van der Waals surface area contributed by atoms with Crippen LogP contribution in [0.1, 0.15) is 23.6 Å². The monoisotopic (exact) mass is 400 g/mol. The molecule has 2 N–H and O–H groups in total. The van der Waals surface area contributed by atoms with Gasteiger partial charge in [0.25, 0.3) is 0 Å². The van der Waals surface area contributed by atoms with Crippen LogP contribution in [0.25, 0.3) is 0 Å². The minimum absolute atomic E-state index is 0.00954. The summed E-state index contributed by atoms with van der Waals surface area (Å²) in [5.74, 6) is 5.91. The molecule has 0 heterocycles. The van der Waals surface area contributed by atoms with E-state index in [4.69, 9.17) is 4.74 Å². The van der Waals surface area contributed by atoms with Gasteiger partial charge in [-0.3, -0.25) is 4.79 Å². The van der Waals surface area contributed by atoms with E-state index in [0.717, 1.165) is 5.56 Å². The zero-order chi connectivity index (χ0) is 20.7. The van der Waals surface area contributed by atoms with E-state index in [1.807, 2.05) is 19.1 Å². The SMILES string of the molecule is CC(=O)Nc1cccc(OCC#CCNS(=O)(=O)c2c(C)cc(C)cc2C)c1. The fourth-order valence-corrected chi connectivity index (χ4v) is 4.27. The highest BCUT2D eigenvalue weighted by molar-refractivity contribution is 7.89. The molecule has 2 rings (SSSR count). The second-order valence-electron chi connectivity index (χ2n) is 6.40. The summed E-state index contributed by atoms with van der Waals surface area (Å²) >= 11 is 0. The summed E-state index contributed by atoms with van der Waals surface area (Å²) in [6.45, 7) is 7.02. The third-order valence-corrected chi connectivity index (χ3v) is 5.52. The van der Waals surface area contributed by atoms with Crippen LogP contribution in [0.2, 0.25) is 0 Å². The van der Waals surface area contributed by atoms with Crippen molar-refractivity contribution in [2.24, 2.45) is 0 Å². The van der Waals surface area contributed by atoms with Crippen molar-refractivity contribution in [3.63, 3.8) is 0 Å². The third-order valence-electron chi connectivity index (χ3n) is 3.81. The van der Waals surface area contributed by atoms with Crippen LogP contribution in [-0.2, 0) is 14.8 Å². The Morgan fingerprint density at radius 3 is 2.39 bits per heavy atom. The van der Waals surface area contributed by atoms with Crippen molar-refractivity contribution in [3.8, 4) is 17.6 Å². The number of sulfonamides is 1. The minimum atomic E-state index is -3.63. The Bertz CT molecular complexity index is 1010. The first-order chi connectivity index (χ1) is 13.2. The number of hydrogen-bond acceptors (Lipinski definition) is 4. The molecule has 0 saturated heterocycles. The normalized spacial score (nSPS) is 10.7. The number of rotatable bonds is 6. The van der Waals surface area contributed by atoms with Gasteiger partial charge in [-0.25, -0.2) is 8.42 Å². The summed E-state index contributed by atoms with van der Waals surface area (Å²) in [4.78, 5) is 11.4. The molecule has 0 atom stereocenters. The summed E-state index contributed by atoms with van der Waals surface area (Å²) in [6.07, 6.45) is 0. The second kappa shape index (κ2) is 9.40. The molecule has 0 fully saturated rings. The molecule has 2 aromatic rings. The zero-order valence-electron chi connectivity index (χ0n) is 16.4. The predicted molar refractivity (Wildman–Crippen MR) is 110 cm³/mol. The van der Waals surface area contributed by atoms with E-state index in [0.29, 0.717) is 27.5 Å². The lowest BCUT2D eigenvalue weighted by Gasteiger charge is -2.11. The molecule has 2 aromatic carbocycles. The van der Waals surface area contributed by atoms with Crippen molar-refractivity contribution < 1.29 is 17.9 Å². The first-order valence-corrected chi connectivity index (χ1v) is 10.2. The first kappa shape index (κ1) is 21.5. The average molecular weight is 401 g/mol. The van der Waals surface area contributed by atoms with Crippen molar-refractivity contribution in [2.45, 2.75) is 32.6 Å². The van der Waals surface area contributed by atoms with Gasteiger partial charge in [-0.05, 0) is 44.0 Å². The quantitative estimate of drug-likeness (QED) is 0.730. The number of ether oxygens (including phenoxy) is 1. The van der Waals surface area contributed by atoms with E-state index >= 15 is 0 Å². The highest BCUT2D eigenvalue weighted by atomic mass is 32.2. The lowest BCUT2D eigenvalue weighted by atomic mass is 10.1. The van der Waals surface area contributed by atoms with Gasteiger partial charge in [0.15, 0.2) is 0 Å². The van der Waals surface area contributed by atoms with Gasteiger partial charge in [0, 0.05) is 18.7 Å². The summed E-state index contributed by atoms with van der Waals surface area (Å²) in [5, 5.41) is 2.67. The number of carbonyl (C=O) groups is 1. The van der Waals surface area contributed by atoms with Gasteiger partial charge >= 0.3 is 0 Å². The van der Waals surface area contributed by atoms with Gasteiger partial charge in [0.05, 0.1) is 11.4 Å². The molecule has 7 heteroatoms. The van der Waals surface area contributed by atoms with E-state index in [1.54, 1.807) is 38.1 Å². The standard InChI is InChI=1S/C21H24N2O4S/c1-15-12-16(2)21(17(3)13-15)28(25,26)22-10-5-6-11-27-20-9-7-8-19(14-20)23-18(4)24/h7-9,12-14,22H,10-11H2,1-4H3,(H,23,24). The van der Waals surface area contributed by atoms with Gasteiger partial charge in [-0.1, -0.05) is 35.6 Å². The summed E-state index contributed by atoms with van der Waals surface area (Å²) in [7, 11) is -3.63. The Balaban J connectivity index is 1.91. The van der Waals surface area contributed by atoms with Crippen LogP contribution >= 0.6 is 0 Å². The third kappa shape index (κ3) is 6.12. The fourth-order valence-electron chi connectivity index (χ4n) is 2.89. The number of hydrogen-bond donors (Lipinski definition) is 2. The molecule has 0 aliphatic rings. The minimum Gasteiger partial charge on any atom is -0.481 e. The smallest absolute Gasteiger partial charge is 0.241 e. The summed E-state index contributed by atoms with van der Waals surface area (Å²) < 4.78 is 33.0. The largest absolute Gasteiger partial charge is 0.481 e. The topological polar surface area (TPSA) is 84.5 Å². The summed E-state index contributed by atoms with van der Waals surface area (Å²) in [5.41, 5.74) is 3.07. The zero-order valence-corrected chi connectivity index (χ0v) is 17.2. The Morgan fingerprint density at radius 1 is 1.07 bits per heavy atom. The number of nitrogens with one attached hydrogen (secondary N) is 2. The van der Waals surface area contributed by atoms with Crippen molar-refractivity contribution in [1.82, 2.24) is 4.72 Å². The van der Waals surface area contributed by atoms with E-state index in [1.165, 1.54) is 6.92 Å². The molecular weight excluding hydrogens is 376 g/mol. The van der Waals surface area contributed by atoms with Crippen LogP contribution in [0.15, 0.2) is 41.3 Å². The van der Waals surface area contributed by atoms with E-state index in [9.17, 15) is 13.2 Å². The maximum Gasteiger partial charge on any atom is 0.241 e. The molecule has 0 bridgehead atoms. The number of carbonyl (C=O) groups excluding carboxylic acids is 1. The lowest BCUT2D eigenvalue weighted by molar-refractivity contribution is -0.114. The van der Waals surface area contributed by atoms with Crippen LogP contribution in [0, 0.1) is 32.6 Å². The average Bonchev–Trinajstić information content (AvgIpc) is 2.56. The highest BCUT2D eigenvalue weighted by Crippen LogP contribution is 2.21. The van der Waals surface area contributed by atoms with E-state index in [-0.39, 0.29) is 19.1 Å². The van der Waals surface area contributed by atoms with E-state index in [2.05, 4.69) is 21.9 Å². The second-order valence-corrected chi connectivity index (χ2v) is 8.11. The first-order valence-electron chi connectivity index (χ1n) is 8.73. The summed E-state index contributed by atoms with van der Waals surface area (Å²) in [6, 6.07) is 10.6. The van der Waals surface area contributed by atoms with Crippen LogP contribution in [0.5, 0.6) is 5.75 Å². The number of aryl methyl sites for hydroxylation is 3. The van der Waals surface area contributed by atoms with E-state index < -0.39 is 10.0 Å². The van der Waals surface area contributed by atoms with Crippen molar-refractivity contribution >= 4 is 21.6 Å². The molecule has 0 aliphatic carbocycles. The maximum atomic E-state index is 12.5. The molecule has 0 unspecified atom stereocenters. The van der Waals surface area contributed by atoms with Crippen molar-refractivity contribution in [2.75, 3.05) is 18.5 Å². The van der Waals surface area contributed by atoms with Gasteiger partial charge in [0.1, 0.15) is 12.4 Å². The van der Waals surface area contributed by atoms with Crippen LogP contribution < -0.4 is 14.8 Å². The number of benzene rings is 2. The highest BCUT2D eigenvalue weighted by Gasteiger charge is 2.18. The van der Waals surface area contributed by atoms with Gasteiger partial charge in [-0.2, -0.15) is 4.72 Å². The molecule has 0 saturated carbocycles. The Morgan fingerprint density at radius 2 is 1.75 bits per heavy atom. The molecule has 0 radical (unpaired) electrons. The van der Waals surface area contributed by atoms with Gasteiger partial charge in [0.2, 0.25) is 15.9 Å². The van der Waals surface area contributed by atoms with Gasteiger partial charge < -0.3 is 10.1 Å². The maximum absolute atomic E-state index is 12.5. The van der Waals surface area contributed by atoms with Crippen molar-refractivity contribution in [3.05, 3.63) is 53.1 Å². The Kier molecular flexibility index (Phi) is 7.21. The Hall–Kier alpha value is -2.82. The lowest BCUT2D eigenvalue weighted by Crippen LogP contribution is -2.25. The number of amides is 1. The molecular formula is C21H24N2O4S. The molecule has 0 aliphatic heterocycles. The molecule has 28 heavy (non-hydrogen) atoms. The number of anilines is 1. The molecule has 0 spiro atoms. The van der Waals surface area contributed by atoms with Crippen LogP contribution in [0.4, 0.5) is 5.69 Å². The molecule has 0 aromatic heterocycles. The van der Waals surface area contributed by atoms with Crippen LogP contribution in [-0.4, -0.2) is 27.5 Å². The molecule has 1 amide bonds. The van der Waals surface area contributed by atoms with Crippen LogP contribution in [0.3, 0.4) is 0 Å². The molecule has 6 nitrogen and oxygen atoms in total.